The second-order valence-electron chi connectivity index (χ2n) is 11.5. The van der Waals surface area contributed by atoms with E-state index in [2.05, 4.69) is 95.9 Å². The van der Waals surface area contributed by atoms with Crippen molar-refractivity contribution >= 4 is 42.3 Å². The number of hydrogen-bond acceptors (Lipinski definition) is 7. The molecule has 0 aromatic heterocycles. The standard InChI is InChI=1S/C31H50N2O5S.C4H11N5/c1-4-5-6-7-8-9-10-11-12-13-14-15-16-17-18-19-20-21-28(35)38-26-31(2,3)29(36)30(37)33-23-22-27(34)32-24-25-39;1-9(2)4(7)8-3(5)6/h5-6,8-9,11-12,14-15,17-18,29,36,39H,4,7,10,13,16,19-26H2,1-3H3,(H,32,34)(H,33,37);1-2H3,(H5,5,6,7,8)/b6-5-,9-8-,12-11-,15-14-,18-17-;/t29-;/m0./s1. The average molecular weight is 692 g/mol. The minimum atomic E-state index is -1.37. The summed E-state index contributed by atoms with van der Waals surface area (Å²) in [5.74, 6) is -0.659. The van der Waals surface area contributed by atoms with Gasteiger partial charge >= 0.3 is 5.97 Å². The summed E-state index contributed by atoms with van der Waals surface area (Å²) in [4.78, 5) is 40.8. The topological polar surface area (TPSA) is 196 Å². The predicted octanol–water partition coefficient (Wildman–Crippen LogP) is 4.15. The summed E-state index contributed by atoms with van der Waals surface area (Å²) in [6, 6.07) is 0. The van der Waals surface area contributed by atoms with Crippen LogP contribution in [0.15, 0.2) is 65.8 Å². The van der Waals surface area contributed by atoms with Crippen molar-refractivity contribution in [3.63, 3.8) is 0 Å². The van der Waals surface area contributed by atoms with Crippen molar-refractivity contribution in [3.8, 4) is 0 Å². The highest BCUT2D eigenvalue weighted by Gasteiger charge is 2.34. The van der Waals surface area contributed by atoms with Crippen molar-refractivity contribution < 1.29 is 24.2 Å². The Kier molecular flexibility index (Phi) is 29.4. The molecule has 0 fully saturated rings. The van der Waals surface area contributed by atoms with Crippen LogP contribution in [0, 0.1) is 10.8 Å². The van der Waals surface area contributed by atoms with E-state index in [-0.39, 0.29) is 49.8 Å². The number of amides is 2. The lowest BCUT2D eigenvalue weighted by molar-refractivity contribution is -0.153. The third-order valence-corrected chi connectivity index (χ3v) is 6.47. The summed E-state index contributed by atoms with van der Waals surface area (Å²) in [6.45, 7) is 5.93. The molecule has 0 aliphatic heterocycles. The lowest BCUT2D eigenvalue weighted by Gasteiger charge is -2.29. The maximum absolute atomic E-state index is 12.2. The first kappa shape index (κ1) is 46.3. The molecule has 2 amide bonds. The second-order valence-corrected chi connectivity index (χ2v) is 12.0. The van der Waals surface area contributed by atoms with Crippen molar-refractivity contribution in [1.29, 1.82) is 5.41 Å². The molecule has 0 saturated carbocycles. The molecule has 48 heavy (non-hydrogen) atoms. The predicted molar refractivity (Wildman–Crippen MR) is 201 cm³/mol. The van der Waals surface area contributed by atoms with Crippen LogP contribution >= 0.6 is 12.6 Å². The molecule has 0 unspecified atom stereocenters. The minimum Gasteiger partial charge on any atom is -0.465 e. The number of aliphatic imine (C=N–C) groups is 1. The molecule has 8 N–H and O–H groups in total. The maximum Gasteiger partial charge on any atom is 0.305 e. The fourth-order valence-corrected chi connectivity index (χ4v) is 3.52. The molecule has 0 saturated heterocycles. The Balaban J connectivity index is 0. The summed E-state index contributed by atoms with van der Waals surface area (Å²) in [5.41, 5.74) is 9.02. The Morgan fingerprint density at radius 3 is 1.88 bits per heavy atom. The van der Waals surface area contributed by atoms with E-state index >= 15 is 0 Å². The number of esters is 1. The number of nitrogens with one attached hydrogen (secondary N) is 3. The number of carbonyl (C=O) groups excluding carboxylic acids is 3. The van der Waals surface area contributed by atoms with Gasteiger partial charge in [0.05, 0.1) is 6.61 Å². The molecule has 0 radical (unpaired) electrons. The van der Waals surface area contributed by atoms with E-state index in [1.807, 2.05) is 0 Å². The van der Waals surface area contributed by atoms with E-state index in [4.69, 9.17) is 21.6 Å². The molecule has 0 aliphatic rings. The van der Waals surface area contributed by atoms with Gasteiger partial charge in [0, 0.05) is 51.2 Å². The molecular formula is C35H61N7O5S. The summed E-state index contributed by atoms with van der Waals surface area (Å²) in [7, 11) is 3.38. The largest absolute Gasteiger partial charge is 0.465 e. The van der Waals surface area contributed by atoms with Crippen molar-refractivity contribution in [2.45, 2.75) is 84.7 Å². The lowest BCUT2D eigenvalue weighted by atomic mass is 9.87. The van der Waals surface area contributed by atoms with Gasteiger partial charge in [-0.3, -0.25) is 19.8 Å². The van der Waals surface area contributed by atoms with Gasteiger partial charge in [-0.2, -0.15) is 17.6 Å². The summed E-state index contributed by atoms with van der Waals surface area (Å²) in [6.07, 6.45) is 26.8. The molecule has 12 nitrogen and oxygen atoms in total. The van der Waals surface area contributed by atoms with Crippen molar-refractivity contribution in [2.75, 3.05) is 39.5 Å². The van der Waals surface area contributed by atoms with E-state index in [0.717, 1.165) is 38.5 Å². The van der Waals surface area contributed by atoms with Crippen LogP contribution in [0.1, 0.15) is 78.6 Å². The molecular weight excluding hydrogens is 630 g/mol. The Morgan fingerprint density at radius 2 is 1.42 bits per heavy atom. The smallest absolute Gasteiger partial charge is 0.305 e. The quantitative estimate of drug-likeness (QED) is 0.0220. The number of nitrogens with zero attached hydrogens (tertiary/aromatic N) is 2. The molecule has 0 aliphatic carbocycles. The first-order valence-electron chi connectivity index (χ1n) is 16.4. The number of aliphatic hydroxyl groups excluding tert-OH is 1. The molecule has 272 valence electrons. The average Bonchev–Trinajstić information content (AvgIpc) is 3.03. The zero-order valence-corrected chi connectivity index (χ0v) is 30.5. The summed E-state index contributed by atoms with van der Waals surface area (Å²) < 4.78 is 5.29. The molecule has 0 bridgehead atoms. The zero-order chi connectivity index (χ0) is 36.6. The van der Waals surface area contributed by atoms with Crippen LogP contribution in [0.3, 0.4) is 0 Å². The van der Waals surface area contributed by atoms with Gasteiger partial charge in [0.15, 0.2) is 5.96 Å². The highest BCUT2D eigenvalue weighted by atomic mass is 32.1. The number of thiol groups is 1. The Hall–Kier alpha value is -3.84. The monoisotopic (exact) mass is 691 g/mol. The van der Waals surface area contributed by atoms with Gasteiger partial charge in [-0.05, 0) is 44.9 Å². The van der Waals surface area contributed by atoms with E-state index < -0.39 is 17.4 Å². The third kappa shape index (κ3) is 29.6. The number of ether oxygens (including phenoxy) is 1. The molecule has 13 heteroatoms. The van der Waals surface area contributed by atoms with Crippen molar-refractivity contribution in [2.24, 2.45) is 21.9 Å². The van der Waals surface area contributed by atoms with Gasteiger partial charge in [-0.1, -0.05) is 81.5 Å². The van der Waals surface area contributed by atoms with Crippen LogP contribution in [0.4, 0.5) is 0 Å². The third-order valence-electron chi connectivity index (χ3n) is 6.25. The first-order chi connectivity index (χ1) is 22.8. The van der Waals surface area contributed by atoms with Crippen LogP contribution < -0.4 is 22.1 Å². The van der Waals surface area contributed by atoms with Crippen molar-refractivity contribution in [1.82, 2.24) is 15.5 Å². The van der Waals surface area contributed by atoms with Gasteiger partial charge in [-0.15, -0.1) is 0 Å². The SMILES string of the molecule is CC/C=C\C/C=C\C/C=C\C/C=C\C/C=C\CCCC(=O)OCC(C)(C)[C@@H](O)C(=O)NCCC(=O)NCCS.CN(C)C(=N)N=C(N)N. The molecule has 0 spiro atoms. The summed E-state index contributed by atoms with van der Waals surface area (Å²) >= 11 is 4.01. The molecule has 1 atom stereocenters. The first-order valence-corrected chi connectivity index (χ1v) is 17.0. The summed E-state index contributed by atoms with van der Waals surface area (Å²) in [5, 5.41) is 22.6. The number of rotatable bonds is 22. The number of guanidine groups is 2. The number of aliphatic hydroxyl groups is 1. The lowest BCUT2D eigenvalue weighted by Crippen LogP contribution is -2.47. The minimum absolute atomic E-state index is 0.0509. The van der Waals surface area contributed by atoms with Gasteiger partial charge in [0.25, 0.3) is 0 Å². The van der Waals surface area contributed by atoms with E-state index in [1.165, 1.54) is 4.90 Å². The number of nitrogens with two attached hydrogens (primary N) is 2. The van der Waals surface area contributed by atoms with Crippen LogP contribution in [0.5, 0.6) is 0 Å². The fraction of sp³-hybridized carbons (Fsp3) is 0.571. The molecule has 0 heterocycles. The van der Waals surface area contributed by atoms with Crippen LogP contribution in [0.25, 0.3) is 0 Å². The van der Waals surface area contributed by atoms with Gasteiger partial charge in [0.1, 0.15) is 6.10 Å². The number of allylic oxidation sites excluding steroid dienone is 10. The van der Waals surface area contributed by atoms with Crippen LogP contribution in [0.2, 0.25) is 0 Å². The van der Waals surface area contributed by atoms with Gasteiger partial charge in [-0.25, -0.2) is 0 Å². The van der Waals surface area contributed by atoms with E-state index in [0.29, 0.717) is 18.7 Å². The Labute approximate surface area is 293 Å². The van der Waals surface area contributed by atoms with Crippen molar-refractivity contribution in [3.05, 3.63) is 60.8 Å². The normalized spacial score (nSPS) is 12.3. The molecule has 0 aromatic rings. The molecule has 0 aromatic carbocycles. The van der Waals surface area contributed by atoms with Gasteiger partial charge < -0.3 is 36.8 Å². The Morgan fingerprint density at radius 1 is 0.896 bits per heavy atom. The van der Waals surface area contributed by atoms with E-state index in [1.54, 1.807) is 27.9 Å². The number of hydrogen-bond donors (Lipinski definition) is 7. The zero-order valence-electron chi connectivity index (χ0n) is 29.6. The highest BCUT2D eigenvalue weighted by molar-refractivity contribution is 7.80. The maximum atomic E-state index is 12.2. The molecule has 0 rings (SSSR count). The Bertz CT molecular complexity index is 1090. The second kappa shape index (κ2) is 30.5. The fourth-order valence-electron chi connectivity index (χ4n) is 3.41. The highest BCUT2D eigenvalue weighted by Crippen LogP contribution is 2.22. The van der Waals surface area contributed by atoms with Crippen LogP contribution in [-0.2, 0) is 19.1 Å². The van der Waals surface area contributed by atoms with Crippen LogP contribution in [-0.4, -0.2) is 85.4 Å². The van der Waals surface area contributed by atoms with Gasteiger partial charge in [0.2, 0.25) is 17.8 Å². The number of unbranched alkanes of at least 4 members (excludes halogenated alkanes) is 1. The number of carbonyl (C=O) groups is 3. The van der Waals surface area contributed by atoms with E-state index in [9.17, 15) is 19.5 Å².